The molecule has 0 bridgehead atoms. The normalized spacial score (nSPS) is 22.0. The zero-order valence-electron chi connectivity index (χ0n) is 14.7. The van der Waals surface area contributed by atoms with Gasteiger partial charge in [0.15, 0.2) is 0 Å². The maximum absolute atomic E-state index is 13.2. The van der Waals surface area contributed by atoms with Gasteiger partial charge in [-0.15, -0.1) is 0 Å². The zero-order chi connectivity index (χ0) is 19.0. The summed E-state index contributed by atoms with van der Waals surface area (Å²) in [6.45, 7) is 2.02. The van der Waals surface area contributed by atoms with E-state index in [4.69, 9.17) is 0 Å². The molecule has 2 unspecified atom stereocenters. The van der Waals surface area contributed by atoms with Gasteiger partial charge >= 0.3 is 6.18 Å². The zero-order valence-corrected chi connectivity index (χ0v) is 14.7. The van der Waals surface area contributed by atoms with Crippen LogP contribution in [0.1, 0.15) is 36.3 Å². The summed E-state index contributed by atoms with van der Waals surface area (Å²) < 4.78 is 39.5. The third kappa shape index (κ3) is 3.77. The molecule has 2 atom stereocenters. The first kappa shape index (κ1) is 17.8. The number of carbonyl (C=O) groups is 1. The summed E-state index contributed by atoms with van der Waals surface area (Å²) in [6, 6.07) is 9.14. The number of amides is 1. The summed E-state index contributed by atoms with van der Waals surface area (Å²) in [5.41, 5.74) is 0.565. The minimum Gasteiger partial charge on any atom is -0.370 e. The molecule has 1 aromatic heterocycles. The maximum Gasteiger partial charge on any atom is 0.416 e. The van der Waals surface area contributed by atoms with Crippen LogP contribution in [0.15, 0.2) is 42.6 Å². The van der Waals surface area contributed by atoms with Gasteiger partial charge in [-0.1, -0.05) is 18.2 Å². The highest BCUT2D eigenvalue weighted by atomic mass is 19.4. The van der Waals surface area contributed by atoms with Crippen molar-refractivity contribution in [2.45, 2.75) is 31.4 Å². The van der Waals surface area contributed by atoms with Gasteiger partial charge in [0.2, 0.25) is 5.91 Å². The van der Waals surface area contributed by atoms with E-state index in [0.29, 0.717) is 12.2 Å². The van der Waals surface area contributed by atoms with Gasteiger partial charge in [-0.3, -0.25) is 4.79 Å². The second-order valence-corrected chi connectivity index (χ2v) is 7.12. The molecule has 1 saturated heterocycles. The highest BCUT2D eigenvalue weighted by Crippen LogP contribution is 2.51. The van der Waals surface area contributed by atoms with Crippen molar-refractivity contribution in [2.24, 2.45) is 5.92 Å². The molecule has 1 aliphatic carbocycles. The third-order valence-electron chi connectivity index (χ3n) is 5.26. The highest BCUT2D eigenvalue weighted by molar-refractivity contribution is 5.94. The average molecular weight is 375 g/mol. The van der Waals surface area contributed by atoms with E-state index in [9.17, 15) is 18.0 Å². The summed E-state index contributed by atoms with van der Waals surface area (Å²) in [4.78, 5) is 18.9. The molecule has 142 valence electrons. The largest absolute Gasteiger partial charge is 0.416 e. The summed E-state index contributed by atoms with van der Waals surface area (Å²) in [6.07, 6.45) is 0.0735. The van der Waals surface area contributed by atoms with Crippen LogP contribution in [0.4, 0.5) is 24.7 Å². The molecule has 1 aromatic carbocycles. The summed E-state index contributed by atoms with van der Waals surface area (Å²) >= 11 is 0. The Morgan fingerprint density at radius 2 is 1.85 bits per heavy atom. The van der Waals surface area contributed by atoms with E-state index < -0.39 is 23.6 Å². The van der Waals surface area contributed by atoms with Gasteiger partial charge in [0.05, 0.1) is 17.4 Å². The Bertz CT molecular complexity index is 829. The molecule has 1 amide bonds. The number of benzene rings is 1. The first-order chi connectivity index (χ1) is 12.9. The van der Waals surface area contributed by atoms with Gasteiger partial charge in [-0.2, -0.15) is 13.2 Å². The smallest absolute Gasteiger partial charge is 0.370 e. The predicted molar refractivity (Wildman–Crippen MR) is 96.6 cm³/mol. The number of halogens is 3. The number of nitrogens with zero attached hydrogens (tertiary/aromatic N) is 2. The van der Waals surface area contributed by atoms with E-state index in [1.165, 1.54) is 25.0 Å². The van der Waals surface area contributed by atoms with Crippen molar-refractivity contribution in [3.05, 3.63) is 53.7 Å². The van der Waals surface area contributed by atoms with Crippen LogP contribution >= 0.6 is 0 Å². The second-order valence-electron chi connectivity index (χ2n) is 7.12. The van der Waals surface area contributed by atoms with E-state index in [1.807, 2.05) is 6.07 Å². The Hall–Kier alpha value is -2.57. The number of aromatic nitrogens is 1. The Labute approximate surface area is 155 Å². The fraction of sp³-hybridized carbons (Fsp3) is 0.400. The van der Waals surface area contributed by atoms with Crippen molar-refractivity contribution in [1.82, 2.24) is 4.98 Å². The number of alkyl halides is 3. The van der Waals surface area contributed by atoms with E-state index in [0.717, 1.165) is 24.8 Å². The molecule has 0 radical (unpaired) electrons. The highest BCUT2D eigenvalue weighted by Gasteiger charge is 2.47. The Morgan fingerprint density at radius 3 is 2.52 bits per heavy atom. The van der Waals surface area contributed by atoms with Crippen molar-refractivity contribution in [3.63, 3.8) is 0 Å². The number of anilines is 2. The number of hydrogen-bond donors (Lipinski definition) is 1. The summed E-state index contributed by atoms with van der Waals surface area (Å²) in [5, 5.41) is 2.73. The van der Waals surface area contributed by atoms with Gasteiger partial charge in [-0.25, -0.2) is 4.98 Å². The molecule has 4 rings (SSSR count). The molecule has 2 heterocycles. The second kappa shape index (κ2) is 6.87. The molecule has 1 aliphatic heterocycles. The fourth-order valence-corrected chi connectivity index (χ4v) is 3.75. The third-order valence-corrected chi connectivity index (χ3v) is 5.26. The molecule has 2 aliphatic rings. The van der Waals surface area contributed by atoms with Gasteiger partial charge in [0, 0.05) is 19.0 Å². The number of rotatable bonds is 4. The van der Waals surface area contributed by atoms with Crippen LogP contribution in [0.3, 0.4) is 0 Å². The molecule has 2 aromatic rings. The quantitative estimate of drug-likeness (QED) is 0.859. The topological polar surface area (TPSA) is 45.2 Å². The van der Waals surface area contributed by atoms with Crippen molar-refractivity contribution < 1.29 is 18.0 Å². The van der Waals surface area contributed by atoms with Crippen LogP contribution in [0.25, 0.3) is 0 Å². The first-order valence-electron chi connectivity index (χ1n) is 9.11. The van der Waals surface area contributed by atoms with Crippen molar-refractivity contribution >= 4 is 17.4 Å². The Morgan fingerprint density at radius 1 is 1.11 bits per heavy atom. The van der Waals surface area contributed by atoms with E-state index in [2.05, 4.69) is 15.2 Å². The molecule has 1 N–H and O–H groups in total. The minimum absolute atomic E-state index is 0.197. The van der Waals surface area contributed by atoms with Crippen LogP contribution in [0.5, 0.6) is 0 Å². The lowest BCUT2D eigenvalue weighted by Gasteiger charge is -2.17. The number of hydrogen-bond acceptors (Lipinski definition) is 3. The lowest BCUT2D eigenvalue weighted by Crippen LogP contribution is -2.19. The van der Waals surface area contributed by atoms with Crippen LogP contribution < -0.4 is 10.2 Å². The van der Waals surface area contributed by atoms with Gasteiger partial charge in [-0.05, 0) is 48.9 Å². The van der Waals surface area contributed by atoms with Crippen molar-refractivity contribution in [2.75, 3.05) is 23.3 Å². The molecule has 1 saturated carbocycles. The first-order valence-corrected chi connectivity index (χ1v) is 9.11. The number of pyridine rings is 1. The SMILES string of the molecule is O=C(Nc1ccc(N2CCCC2)cn1)C1CC1c1ccccc1C(F)(F)F. The number of nitrogens with one attached hydrogen (secondary N) is 1. The standard InChI is InChI=1S/C20H20F3N3O/c21-20(22,23)17-6-2-1-5-14(17)15-11-16(15)19(27)25-18-8-7-13(12-24-18)26-9-3-4-10-26/h1-2,5-8,12,15-16H,3-4,9-11H2,(H,24,25,27). The summed E-state index contributed by atoms with van der Waals surface area (Å²) in [5.74, 6) is -0.698. The van der Waals surface area contributed by atoms with Gasteiger partial charge in [0.25, 0.3) is 0 Å². The molecule has 27 heavy (non-hydrogen) atoms. The lowest BCUT2D eigenvalue weighted by atomic mass is 10.0. The van der Waals surface area contributed by atoms with Gasteiger partial charge in [0.1, 0.15) is 5.82 Å². The molecule has 0 spiro atoms. The van der Waals surface area contributed by atoms with E-state index in [1.54, 1.807) is 18.3 Å². The molecular formula is C20H20F3N3O. The Kier molecular flexibility index (Phi) is 4.53. The maximum atomic E-state index is 13.2. The van der Waals surface area contributed by atoms with Crippen molar-refractivity contribution in [1.29, 1.82) is 0 Å². The molecule has 2 fully saturated rings. The van der Waals surface area contributed by atoms with Crippen LogP contribution in [-0.2, 0) is 11.0 Å². The summed E-state index contributed by atoms with van der Waals surface area (Å²) in [7, 11) is 0. The van der Waals surface area contributed by atoms with Crippen LogP contribution in [-0.4, -0.2) is 24.0 Å². The molecule has 4 nitrogen and oxygen atoms in total. The van der Waals surface area contributed by atoms with Crippen LogP contribution in [0.2, 0.25) is 0 Å². The molecular weight excluding hydrogens is 355 g/mol. The Balaban J connectivity index is 1.41. The monoisotopic (exact) mass is 375 g/mol. The van der Waals surface area contributed by atoms with Gasteiger partial charge < -0.3 is 10.2 Å². The van der Waals surface area contributed by atoms with E-state index >= 15 is 0 Å². The predicted octanol–water partition coefficient (Wildman–Crippen LogP) is 4.44. The minimum atomic E-state index is -4.41. The average Bonchev–Trinajstić information content (AvgIpc) is 3.27. The van der Waals surface area contributed by atoms with E-state index in [-0.39, 0.29) is 11.5 Å². The molecule has 7 heteroatoms. The van der Waals surface area contributed by atoms with Crippen molar-refractivity contribution in [3.8, 4) is 0 Å². The van der Waals surface area contributed by atoms with Crippen LogP contribution in [0, 0.1) is 5.92 Å². The fourth-order valence-electron chi connectivity index (χ4n) is 3.75. The lowest BCUT2D eigenvalue weighted by molar-refractivity contribution is -0.138. The number of carbonyl (C=O) groups excluding carboxylic acids is 1.